The molecule has 0 aliphatic heterocycles. The van der Waals surface area contributed by atoms with E-state index in [9.17, 15) is 14.0 Å². The Hall–Kier alpha value is -1.39. The Kier molecular flexibility index (Phi) is 3.87. The predicted octanol–water partition coefficient (Wildman–Crippen LogP) is 0.742. The number of amides is 2. The molecule has 0 atom stereocenters. The zero-order chi connectivity index (χ0) is 8.85. The average molecular weight is 161 g/mol. The van der Waals surface area contributed by atoms with Gasteiger partial charge in [0.25, 0.3) is 5.91 Å². The largest absolute Gasteiger partial charge is 0.417 e. The number of hydrogen-bond donors (Lipinski definition) is 1. The first-order chi connectivity index (χ1) is 5.07. The van der Waals surface area contributed by atoms with E-state index in [4.69, 9.17) is 0 Å². The fraction of sp³-hybridized carbons (Fsp3) is 0.333. The molecule has 0 aromatic carbocycles. The Morgan fingerprint density at radius 2 is 2.18 bits per heavy atom. The Morgan fingerprint density at radius 1 is 1.64 bits per heavy atom. The number of nitrogens with one attached hydrogen (secondary N) is 1. The van der Waals surface area contributed by atoms with Crippen LogP contribution >= 0.6 is 0 Å². The average Bonchev–Trinajstić information content (AvgIpc) is 1.87. The van der Waals surface area contributed by atoms with Crippen LogP contribution in [0.3, 0.4) is 0 Å². The molecule has 0 radical (unpaired) electrons. The van der Waals surface area contributed by atoms with Gasteiger partial charge in [-0.05, 0) is 6.92 Å². The number of carbonyl (C=O) groups excluding carboxylic acids is 2. The molecule has 4 nitrogen and oxygen atoms in total. The van der Waals surface area contributed by atoms with Gasteiger partial charge in [-0.1, -0.05) is 6.58 Å². The van der Waals surface area contributed by atoms with Crippen molar-refractivity contribution < 1.29 is 18.7 Å². The van der Waals surface area contributed by atoms with E-state index in [1.807, 2.05) is 0 Å². The molecule has 0 aliphatic rings. The highest BCUT2D eigenvalue weighted by atomic mass is 19.1. The number of alkyl halides is 1. The second-order valence-electron chi connectivity index (χ2n) is 1.78. The minimum atomic E-state index is -1.25. The number of hydrogen-bond acceptors (Lipinski definition) is 3. The highest BCUT2D eigenvalue weighted by molar-refractivity contribution is 6.01. The molecule has 0 aromatic rings. The van der Waals surface area contributed by atoms with Crippen molar-refractivity contribution in [3.8, 4) is 0 Å². The molecule has 62 valence electrons. The standard InChI is InChI=1S/C6H8FNO3/c1-4(2)5(9)8-6(10)11-3-7/h1,3H2,2H3,(H,8,9,10). The maximum atomic E-state index is 11.3. The SMILES string of the molecule is C=C(C)C(=O)NC(=O)OCF. The molecule has 0 saturated carbocycles. The van der Waals surface area contributed by atoms with Crippen molar-refractivity contribution >= 4 is 12.0 Å². The van der Waals surface area contributed by atoms with Crippen molar-refractivity contribution in [3.05, 3.63) is 12.2 Å². The first-order valence-corrected chi connectivity index (χ1v) is 2.77. The van der Waals surface area contributed by atoms with E-state index >= 15 is 0 Å². The van der Waals surface area contributed by atoms with E-state index in [0.29, 0.717) is 0 Å². The maximum absolute atomic E-state index is 11.3. The Bertz CT molecular complexity index is 190. The molecule has 5 heteroatoms. The van der Waals surface area contributed by atoms with Gasteiger partial charge in [0.05, 0.1) is 0 Å². The van der Waals surface area contributed by atoms with Gasteiger partial charge in [0.15, 0.2) is 0 Å². The monoisotopic (exact) mass is 161 g/mol. The van der Waals surface area contributed by atoms with Crippen molar-refractivity contribution in [2.75, 3.05) is 6.86 Å². The van der Waals surface area contributed by atoms with Gasteiger partial charge >= 0.3 is 6.09 Å². The van der Waals surface area contributed by atoms with Crippen LogP contribution in [0.5, 0.6) is 0 Å². The maximum Gasteiger partial charge on any atom is 0.416 e. The minimum absolute atomic E-state index is 0.154. The van der Waals surface area contributed by atoms with Crippen LogP contribution in [0.1, 0.15) is 6.92 Å². The van der Waals surface area contributed by atoms with Gasteiger partial charge in [0, 0.05) is 5.57 Å². The van der Waals surface area contributed by atoms with Crippen LogP contribution in [0.25, 0.3) is 0 Å². The van der Waals surface area contributed by atoms with Crippen LogP contribution in [0.4, 0.5) is 9.18 Å². The lowest BCUT2D eigenvalue weighted by Gasteiger charge is -2.00. The number of imide groups is 1. The van der Waals surface area contributed by atoms with Gasteiger partial charge < -0.3 is 4.74 Å². The fourth-order valence-electron chi connectivity index (χ4n) is 0.285. The van der Waals surface area contributed by atoms with Crippen molar-refractivity contribution in [1.82, 2.24) is 5.32 Å². The summed E-state index contributed by atoms with van der Waals surface area (Å²) in [4.78, 5) is 20.9. The number of halogens is 1. The minimum Gasteiger partial charge on any atom is -0.417 e. The van der Waals surface area contributed by atoms with Crippen molar-refractivity contribution in [2.45, 2.75) is 6.92 Å². The first kappa shape index (κ1) is 9.61. The van der Waals surface area contributed by atoms with Gasteiger partial charge in [-0.3, -0.25) is 10.1 Å². The van der Waals surface area contributed by atoms with Crippen LogP contribution in [0.2, 0.25) is 0 Å². The second kappa shape index (κ2) is 4.43. The van der Waals surface area contributed by atoms with E-state index in [-0.39, 0.29) is 5.57 Å². The third-order valence-electron chi connectivity index (χ3n) is 0.789. The van der Waals surface area contributed by atoms with E-state index in [2.05, 4.69) is 11.3 Å². The second-order valence-corrected chi connectivity index (χ2v) is 1.78. The lowest BCUT2D eigenvalue weighted by atomic mass is 10.3. The molecule has 11 heavy (non-hydrogen) atoms. The summed E-state index contributed by atoms with van der Waals surface area (Å²) in [5.74, 6) is -0.677. The fourth-order valence-corrected chi connectivity index (χ4v) is 0.285. The third kappa shape index (κ3) is 4.07. The van der Waals surface area contributed by atoms with Crippen LogP contribution in [0, 0.1) is 0 Å². The molecule has 2 amide bonds. The van der Waals surface area contributed by atoms with Crippen LogP contribution in [-0.2, 0) is 9.53 Å². The predicted molar refractivity (Wildman–Crippen MR) is 35.4 cm³/mol. The normalized spacial score (nSPS) is 8.55. The molecule has 0 spiro atoms. The van der Waals surface area contributed by atoms with Crippen molar-refractivity contribution in [2.24, 2.45) is 0 Å². The number of rotatable bonds is 2. The van der Waals surface area contributed by atoms with Crippen molar-refractivity contribution in [3.63, 3.8) is 0 Å². The molecule has 0 unspecified atom stereocenters. The van der Waals surface area contributed by atoms with Gasteiger partial charge in [0.2, 0.25) is 6.86 Å². The van der Waals surface area contributed by atoms with Crippen LogP contribution in [-0.4, -0.2) is 18.9 Å². The lowest BCUT2D eigenvalue weighted by Crippen LogP contribution is -2.31. The molecule has 0 heterocycles. The summed E-state index contributed by atoms with van der Waals surface area (Å²) in [7, 11) is 0. The summed E-state index contributed by atoms with van der Waals surface area (Å²) in [6, 6.07) is 0. The molecule has 0 aliphatic carbocycles. The van der Waals surface area contributed by atoms with E-state index in [0.717, 1.165) is 0 Å². The topological polar surface area (TPSA) is 55.4 Å². The highest BCUT2D eigenvalue weighted by Gasteiger charge is 2.07. The molecule has 0 saturated heterocycles. The first-order valence-electron chi connectivity index (χ1n) is 2.77. The number of alkyl carbamates (subject to hydrolysis) is 1. The van der Waals surface area contributed by atoms with Crippen molar-refractivity contribution in [1.29, 1.82) is 0 Å². The van der Waals surface area contributed by atoms with Gasteiger partial charge in [-0.2, -0.15) is 0 Å². The van der Waals surface area contributed by atoms with Gasteiger partial charge in [-0.15, -0.1) is 0 Å². The van der Waals surface area contributed by atoms with Gasteiger partial charge in [-0.25, -0.2) is 9.18 Å². The van der Waals surface area contributed by atoms with Gasteiger partial charge in [0.1, 0.15) is 0 Å². The van der Waals surface area contributed by atoms with E-state index in [1.165, 1.54) is 6.92 Å². The summed E-state index contributed by atoms with van der Waals surface area (Å²) in [5, 5.41) is 1.74. The molecule has 0 fully saturated rings. The summed E-state index contributed by atoms with van der Waals surface area (Å²) in [5.41, 5.74) is 0.154. The summed E-state index contributed by atoms with van der Waals surface area (Å²) < 4.78 is 15.1. The Balaban J connectivity index is 3.76. The lowest BCUT2D eigenvalue weighted by molar-refractivity contribution is -0.116. The zero-order valence-corrected chi connectivity index (χ0v) is 6.02. The van der Waals surface area contributed by atoms with Crippen LogP contribution < -0.4 is 5.32 Å². The summed E-state index contributed by atoms with van der Waals surface area (Å²) >= 11 is 0. The van der Waals surface area contributed by atoms with E-state index < -0.39 is 18.9 Å². The molecule has 0 aromatic heterocycles. The zero-order valence-electron chi connectivity index (χ0n) is 6.02. The summed E-state index contributed by atoms with van der Waals surface area (Å²) in [6.45, 7) is 3.41. The molecule has 0 rings (SSSR count). The van der Waals surface area contributed by atoms with E-state index in [1.54, 1.807) is 5.32 Å². The molecular formula is C6H8FNO3. The summed E-state index contributed by atoms with van der Waals surface area (Å²) in [6.07, 6.45) is -1.11. The number of carbonyl (C=O) groups is 2. The quantitative estimate of drug-likeness (QED) is 0.608. The number of ether oxygens (including phenoxy) is 1. The Morgan fingerprint density at radius 3 is 2.55 bits per heavy atom. The highest BCUT2D eigenvalue weighted by Crippen LogP contribution is 1.86. The molecule has 1 N–H and O–H groups in total. The molecule has 0 bridgehead atoms. The third-order valence-corrected chi connectivity index (χ3v) is 0.789. The Labute approximate surface area is 63.0 Å². The molecular weight excluding hydrogens is 153 g/mol. The smallest absolute Gasteiger partial charge is 0.416 e. The van der Waals surface area contributed by atoms with Crippen LogP contribution in [0.15, 0.2) is 12.2 Å².